The Morgan fingerprint density at radius 2 is 2.25 bits per heavy atom. The first-order chi connectivity index (χ1) is 5.72. The van der Waals surface area contributed by atoms with Crippen LogP contribution in [0.15, 0.2) is 0 Å². The van der Waals surface area contributed by atoms with E-state index >= 15 is 0 Å². The second-order valence-electron chi connectivity index (χ2n) is 2.71. The zero-order chi connectivity index (χ0) is 9.40. The van der Waals surface area contributed by atoms with Gasteiger partial charge in [0, 0.05) is 0 Å². The topological polar surface area (TPSA) is 38.3 Å². The molecule has 0 saturated carbocycles. The van der Waals surface area contributed by atoms with Gasteiger partial charge in [0.2, 0.25) is 0 Å². The summed E-state index contributed by atoms with van der Waals surface area (Å²) in [5, 5.41) is 0. The van der Waals surface area contributed by atoms with Gasteiger partial charge in [0.25, 0.3) is 0 Å². The third kappa shape index (κ3) is 5.38. The molecule has 0 unspecified atom stereocenters. The zero-order valence-electron chi connectivity index (χ0n) is 7.60. The van der Waals surface area contributed by atoms with E-state index in [0.29, 0.717) is 6.61 Å². The molecule has 0 aromatic rings. The molecule has 0 aliphatic rings. The van der Waals surface area contributed by atoms with Gasteiger partial charge in [0.1, 0.15) is 6.04 Å². The van der Waals surface area contributed by atoms with E-state index in [-0.39, 0.29) is 5.97 Å². The summed E-state index contributed by atoms with van der Waals surface area (Å²) in [6.45, 7) is 4.26. The molecule has 0 spiro atoms. The van der Waals surface area contributed by atoms with E-state index < -0.39 is 6.04 Å². The molecule has 0 aromatic carbocycles. The lowest BCUT2D eigenvalue weighted by Crippen LogP contribution is -2.29. The maximum atomic E-state index is 11.0. The van der Waals surface area contributed by atoms with Gasteiger partial charge in [-0.3, -0.25) is 4.79 Å². The second-order valence-corrected chi connectivity index (χ2v) is 2.92. The van der Waals surface area contributed by atoms with Crippen molar-refractivity contribution in [2.75, 3.05) is 6.61 Å². The van der Waals surface area contributed by atoms with Crippen molar-refractivity contribution in [3.63, 3.8) is 0 Å². The third-order valence-electron chi connectivity index (χ3n) is 1.51. The van der Waals surface area contributed by atoms with Crippen LogP contribution < -0.4 is 4.84 Å². The summed E-state index contributed by atoms with van der Waals surface area (Å²) in [6, 6.07) is -0.423. The molecule has 0 aromatic heterocycles. The summed E-state index contributed by atoms with van der Waals surface area (Å²) in [5.74, 6) is -0.291. The van der Waals surface area contributed by atoms with Crippen molar-refractivity contribution in [1.82, 2.24) is 4.84 Å². The Morgan fingerprint density at radius 1 is 1.58 bits per heavy atom. The highest BCUT2D eigenvalue weighted by atomic mass is 35.5. The van der Waals surface area contributed by atoms with Crippen molar-refractivity contribution in [2.24, 2.45) is 0 Å². The van der Waals surface area contributed by atoms with Gasteiger partial charge in [-0.05, 0) is 25.1 Å². The summed E-state index contributed by atoms with van der Waals surface area (Å²) in [7, 11) is 0. The molecule has 72 valence electrons. The second kappa shape index (κ2) is 7.37. The number of ether oxygens (including phenoxy) is 1. The number of rotatable bonds is 6. The molecular weight excluding hydrogens is 178 g/mol. The molecular formula is C8H16ClNO2. The van der Waals surface area contributed by atoms with Gasteiger partial charge in [-0.1, -0.05) is 19.8 Å². The van der Waals surface area contributed by atoms with E-state index in [9.17, 15) is 4.79 Å². The fourth-order valence-corrected chi connectivity index (χ4v) is 0.783. The molecule has 0 amide bonds. The number of carbonyl (C=O) groups excluding carboxylic acids is 1. The van der Waals surface area contributed by atoms with Crippen LogP contribution in [0.3, 0.4) is 0 Å². The number of esters is 1. The van der Waals surface area contributed by atoms with Gasteiger partial charge < -0.3 is 4.74 Å². The zero-order valence-corrected chi connectivity index (χ0v) is 8.36. The van der Waals surface area contributed by atoms with Crippen LogP contribution in [0, 0.1) is 0 Å². The Morgan fingerprint density at radius 3 is 2.75 bits per heavy atom. The van der Waals surface area contributed by atoms with Crippen LogP contribution in [0.1, 0.15) is 33.1 Å². The standard InChI is InChI=1S/C8H16ClNO2/c1-3-4-5-6-12-8(11)7(2)10-9/h7,10H,3-6H2,1-2H3/t7-/m0/s1. The highest BCUT2D eigenvalue weighted by molar-refractivity contribution is 6.14. The predicted octanol–water partition coefficient (Wildman–Crippen LogP) is 1.85. The van der Waals surface area contributed by atoms with Crippen LogP contribution in [0.4, 0.5) is 0 Å². The quantitative estimate of drug-likeness (QED) is 0.398. The lowest BCUT2D eigenvalue weighted by molar-refractivity contribution is -0.145. The van der Waals surface area contributed by atoms with Crippen molar-refractivity contribution in [3.05, 3.63) is 0 Å². The fourth-order valence-electron chi connectivity index (χ4n) is 0.694. The summed E-state index contributed by atoms with van der Waals surface area (Å²) in [5.41, 5.74) is 0. The first-order valence-electron chi connectivity index (χ1n) is 4.25. The van der Waals surface area contributed by atoms with Gasteiger partial charge >= 0.3 is 5.97 Å². The molecule has 3 nitrogen and oxygen atoms in total. The van der Waals surface area contributed by atoms with Crippen LogP contribution in [-0.4, -0.2) is 18.6 Å². The average molecular weight is 194 g/mol. The molecule has 1 atom stereocenters. The maximum absolute atomic E-state index is 11.0. The molecule has 12 heavy (non-hydrogen) atoms. The van der Waals surface area contributed by atoms with E-state index in [0.717, 1.165) is 19.3 Å². The Labute approximate surface area is 78.5 Å². The van der Waals surface area contributed by atoms with Crippen LogP contribution in [0.5, 0.6) is 0 Å². The van der Waals surface area contributed by atoms with Crippen molar-refractivity contribution >= 4 is 17.7 Å². The molecule has 1 N–H and O–H groups in total. The summed E-state index contributed by atoms with van der Waals surface area (Å²) < 4.78 is 4.91. The summed E-state index contributed by atoms with van der Waals surface area (Å²) >= 11 is 5.24. The van der Waals surface area contributed by atoms with Gasteiger partial charge in [-0.25, -0.2) is 4.84 Å². The molecule has 0 bridgehead atoms. The van der Waals surface area contributed by atoms with E-state index in [2.05, 4.69) is 11.8 Å². The first-order valence-corrected chi connectivity index (χ1v) is 4.63. The number of carbonyl (C=O) groups is 1. The normalized spacial score (nSPS) is 12.6. The highest BCUT2D eigenvalue weighted by Crippen LogP contribution is 1.96. The molecule has 0 aliphatic carbocycles. The number of hydrogen-bond acceptors (Lipinski definition) is 3. The van der Waals surface area contributed by atoms with E-state index in [1.165, 1.54) is 0 Å². The highest BCUT2D eigenvalue weighted by Gasteiger charge is 2.11. The van der Waals surface area contributed by atoms with Crippen LogP contribution in [0.25, 0.3) is 0 Å². The largest absolute Gasteiger partial charge is 0.465 e. The number of hydrogen-bond donors (Lipinski definition) is 1. The third-order valence-corrected chi connectivity index (χ3v) is 1.84. The van der Waals surface area contributed by atoms with E-state index in [4.69, 9.17) is 16.5 Å². The van der Waals surface area contributed by atoms with Gasteiger partial charge in [-0.15, -0.1) is 0 Å². The Kier molecular flexibility index (Phi) is 7.20. The molecule has 0 heterocycles. The minimum atomic E-state index is -0.423. The van der Waals surface area contributed by atoms with Crippen molar-refractivity contribution < 1.29 is 9.53 Å². The Hall–Kier alpha value is -0.280. The monoisotopic (exact) mass is 193 g/mol. The number of unbranched alkanes of at least 4 members (excludes halogenated alkanes) is 2. The van der Waals surface area contributed by atoms with Crippen molar-refractivity contribution in [3.8, 4) is 0 Å². The van der Waals surface area contributed by atoms with Crippen LogP contribution >= 0.6 is 11.8 Å². The smallest absolute Gasteiger partial charge is 0.324 e. The summed E-state index contributed by atoms with van der Waals surface area (Å²) in [6.07, 6.45) is 3.15. The Balaban J connectivity index is 3.31. The van der Waals surface area contributed by atoms with Crippen LogP contribution in [0.2, 0.25) is 0 Å². The lowest BCUT2D eigenvalue weighted by atomic mass is 10.3. The molecule has 0 rings (SSSR count). The van der Waals surface area contributed by atoms with Crippen molar-refractivity contribution in [1.29, 1.82) is 0 Å². The van der Waals surface area contributed by atoms with Crippen LogP contribution in [-0.2, 0) is 9.53 Å². The average Bonchev–Trinajstić information content (AvgIpc) is 2.10. The number of nitrogens with one attached hydrogen (secondary N) is 1. The molecule has 0 radical (unpaired) electrons. The molecule has 4 heteroatoms. The van der Waals surface area contributed by atoms with Gasteiger partial charge in [0.05, 0.1) is 6.61 Å². The van der Waals surface area contributed by atoms with E-state index in [1.807, 2.05) is 0 Å². The summed E-state index contributed by atoms with van der Waals surface area (Å²) in [4.78, 5) is 13.3. The van der Waals surface area contributed by atoms with Gasteiger partial charge in [-0.2, -0.15) is 0 Å². The Bertz CT molecular complexity index is 130. The SMILES string of the molecule is CCCCCOC(=O)[C@H](C)NCl. The maximum Gasteiger partial charge on any atom is 0.324 e. The van der Waals surface area contributed by atoms with Crippen molar-refractivity contribution in [2.45, 2.75) is 39.2 Å². The lowest BCUT2D eigenvalue weighted by Gasteiger charge is -2.08. The molecule has 0 fully saturated rings. The fraction of sp³-hybridized carbons (Fsp3) is 0.875. The molecule has 0 aliphatic heterocycles. The minimum absolute atomic E-state index is 0.291. The molecule has 0 saturated heterocycles. The number of halogens is 1. The predicted molar refractivity (Wildman–Crippen MR) is 48.9 cm³/mol. The first kappa shape index (κ1) is 11.7. The van der Waals surface area contributed by atoms with Gasteiger partial charge in [0.15, 0.2) is 0 Å². The minimum Gasteiger partial charge on any atom is -0.465 e. The van der Waals surface area contributed by atoms with E-state index in [1.54, 1.807) is 6.92 Å².